The van der Waals surface area contributed by atoms with Crippen LogP contribution in [0.5, 0.6) is 5.75 Å². The van der Waals surface area contributed by atoms with Crippen molar-refractivity contribution in [3.63, 3.8) is 0 Å². The second-order valence-corrected chi connectivity index (χ2v) is 7.90. The number of anilines is 2. The third-order valence-electron chi connectivity index (χ3n) is 5.95. The van der Waals surface area contributed by atoms with Crippen LogP contribution in [-0.4, -0.2) is 60.0 Å². The Balaban J connectivity index is 1.49. The summed E-state index contributed by atoms with van der Waals surface area (Å²) in [6.07, 6.45) is 3.38. The van der Waals surface area contributed by atoms with Gasteiger partial charge in [-0.05, 0) is 48.0 Å². The smallest absolute Gasteiger partial charge is 0.282 e. The largest absolute Gasteiger partial charge is 0.497 e. The molecule has 1 fully saturated rings. The minimum absolute atomic E-state index is 0.269. The van der Waals surface area contributed by atoms with Gasteiger partial charge in [0, 0.05) is 38.6 Å². The molecule has 34 heavy (non-hydrogen) atoms. The number of aromatic nitrogens is 2. The number of methoxy groups -OCH3 is 1. The fourth-order valence-electron chi connectivity index (χ4n) is 4.24. The standard InChI is InChI=1S/C25H22FN5O3/c1-34-20-9-7-19(8-10-20)31-23(32)21(17-3-5-18(26)6-4-17)22(24(31)33)29-13-15-30(16-14-29)25-27-11-2-12-28-25/h2-12H,13-16H2,1H3. The molecular formula is C25H22FN5O3. The molecule has 5 rings (SSSR count). The predicted octanol–water partition coefficient (Wildman–Crippen LogP) is 2.73. The maximum absolute atomic E-state index is 13.6. The third-order valence-corrected chi connectivity index (χ3v) is 5.95. The van der Waals surface area contributed by atoms with Gasteiger partial charge in [-0.25, -0.2) is 19.3 Å². The first-order chi connectivity index (χ1) is 16.6. The Hall–Kier alpha value is -4.27. The summed E-state index contributed by atoms with van der Waals surface area (Å²) in [6.45, 7) is 2.20. The number of nitrogens with zero attached hydrogens (tertiary/aromatic N) is 5. The van der Waals surface area contributed by atoms with Crippen molar-refractivity contribution in [2.24, 2.45) is 0 Å². The molecule has 8 nitrogen and oxygen atoms in total. The van der Waals surface area contributed by atoms with E-state index >= 15 is 0 Å². The van der Waals surface area contributed by atoms with Crippen molar-refractivity contribution >= 4 is 29.0 Å². The van der Waals surface area contributed by atoms with E-state index in [1.165, 1.54) is 29.2 Å². The van der Waals surface area contributed by atoms with Gasteiger partial charge in [0.25, 0.3) is 11.8 Å². The molecule has 0 spiro atoms. The minimum atomic E-state index is -0.439. The van der Waals surface area contributed by atoms with Gasteiger partial charge >= 0.3 is 0 Å². The summed E-state index contributed by atoms with van der Waals surface area (Å²) in [4.78, 5) is 40.9. The first-order valence-corrected chi connectivity index (χ1v) is 10.9. The number of imide groups is 1. The number of benzene rings is 2. The molecule has 0 unspecified atom stereocenters. The van der Waals surface area contributed by atoms with Crippen LogP contribution in [0.15, 0.2) is 72.7 Å². The Morgan fingerprint density at radius 2 is 1.44 bits per heavy atom. The molecule has 172 valence electrons. The van der Waals surface area contributed by atoms with Gasteiger partial charge in [0.2, 0.25) is 5.95 Å². The molecule has 0 radical (unpaired) electrons. The lowest BCUT2D eigenvalue weighted by atomic mass is 10.0. The quantitative estimate of drug-likeness (QED) is 0.543. The van der Waals surface area contributed by atoms with E-state index in [2.05, 4.69) is 9.97 Å². The lowest BCUT2D eigenvalue weighted by molar-refractivity contribution is -0.120. The highest BCUT2D eigenvalue weighted by atomic mass is 19.1. The van der Waals surface area contributed by atoms with Gasteiger partial charge in [0.1, 0.15) is 17.3 Å². The lowest BCUT2D eigenvalue weighted by Gasteiger charge is -2.36. The molecule has 0 N–H and O–H groups in total. The van der Waals surface area contributed by atoms with Crippen molar-refractivity contribution in [2.45, 2.75) is 0 Å². The summed E-state index contributed by atoms with van der Waals surface area (Å²) in [5.74, 6) is -0.00623. The number of hydrogen-bond donors (Lipinski definition) is 0. The molecule has 0 saturated carbocycles. The van der Waals surface area contributed by atoms with Gasteiger partial charge in [-0.3, -0.25) is 9.59 Å². The highest BCUT2D eigenvalue weighted by Gasteiger charge is 2.43. The molecule has 2 aliphatic rings. The van der Waals surface area contributed by atoms with Crippen LogP contribution in [0, 0.1) is 5.82 Å². The van der Waals surface area contributed by atoms with Crippen molar-refractivity contribution in [2.75, 3.05) is 43.1 Å². The predicted molar refractivity (Wildman–Crippen MR) is 125 cm³/mol. The average molecular weight is 459 g/mol. The number of rotatable bonds is 5. The zero-order chi connectivity index (χ0) is 23.7. The zero-order valence-corrected chi connectivity index (χ0v) is 18.5. The van der Waals surface area contributed by atoms with Crippen LogP contribution in [0.3, 0.4) is 0 Å². The molecule has 3 aromatic rings. The van der Waals surface area contributed by atoms with Crippen LogP contribution in [0.1, 0.15) is 5.56 Å². The maximum atomic E-state index is 13.6. The average Bonchev–Trinajstić information content (AvgIpc) is 3.15. The van der Waals surface area contributed by atoms with Crippen molar-refractivity contribution in [3.05, 3.63) is 84.1 Å². The number of carbonyl (C=O) groups is 2. The summed E-state index contributed by atoms with van der Waals surface area (Å²) in [5.41, 5.74) is 1.53. The number of amides is 2. The van der Waals surface area contributed by atoms with Gasteiger partial charge in [-0.2, -0.15) is 0 Å². The molecule has 0 bridgehead atoms. The Bertz CT molecular complexity index is 1240. The van der Waals surface area contributed by atoms with Crippen LogP contribution >= 0.6 is 0 Å². The van der Waals surface area contributed by atoms with Crippen LogP contribution in [0.2, 0.25) is 0 Å². The van der Waals surface area contributed by atoms with Crippen LogP contribution < -0.4 is 14.5 Å². The van der Waals surface area contributed by atoms with Gasteiger partial charge < -0.3 is 14.5 Å². The highest BCUT2D eigenvalue weighted by Crippen LogP contribution is 2.36. The molecule has 1 saturated heterocycles. The first kappa shape index (κ1) is 21.6. The van der Waals surface area contributed by atoms with E-state index in [-0.39, 0.29) is 5.57 Å². The Kier molecular flexibility index (Phi) is 5.67. The number of carbonyl (C=O) groups excluding carboxylic acids is 2. The van der Waals surface area contributed by atoms with E-state index in [0.29, 0.717) is 54.8 Å². The Labute approximate surface area is 195 Å². The maximum Gasteiger partial charge on any atom is 0.282 e. The molecule has 2 amide bonds. The van der Waals surface area contributed by atoms with Crippen molar-refractivity contribution in [1.82, 2.24) is 14.9 Å². The molecule has 2 aliphatic heterocycles. The van der Waals surface area contributed by atoms with Crippen molar-refractivity contribution in [1.29, 1.82) is 0 Å². The van der Waals surface area contributed by atoms with E-state index in [9.17, 15) is 14.0 Å². The number of piperazine rings is 1. The van der Waals surface area contributed by atoms with Crippen molar-refractivity contribution in [3.8, 4) is 5.75 Å². The summed E-state index contributed by atoms with van der Waals surface area (Å²) in [5, 5.41) is 0. The van der Waals surface area contributed by atoms with Crippen LogP contribution in [0.4, 0.5) is 16.0 Å². The number of hydrogen-bond acceptors (Lipinski definition) is 7. The van der Waals surface area contributed by atoms with E-state index in [4.69, 9.17) is 4.74 Å². The first-order valence-electron chi connectivity index (χ1n) is 10.9. The summed E-state index contributed by atoms with van der Waals surface area (Å²) in [7, 11) is 1.55. The second kappa shape index (κ2) is 8.93. The zero-order valence-electron chi connectivity index (χ0n) is 18.5. The SMILES string of the molecule is COc1ccc(N2C(=O)C(c3ccc(F)cc3)=C(N3CCN(c4ncccn4)CC3)C2=O)cc1. The fourth-order valence-corrected chi connectivity index (χ4v) is 4.24. The monoisotopic (exact) mass is 459 g/mol. The van der Waals surface area contributed by atoms with E-state index in [1.54, 1.807) is 49.8 Å². The van der Waals surface area contributed by atoms with Gasteiger partial charge in [0.05, 0.1) is 18.4 Å². The molecule has 9 heteroatoms. The number of halogens is 1. The lowest BCUT2D eigenvalue weighted by Crippen LogP contribution is -2.48. The van der Waals surface area contributed by atoms with Gasteiger partial charge in [-0.1, -0.05) is 12.1 Å². The third kappa shape index (κ3) is 3.85. The molecule has 0 atom stereocenters. The summed E-state index contributed by atoms with van der Waals surface area (Å²) < 4.78 is 18.8. The normalized spacial score (nSPS) is 16.5. The van der Waals surface area contributed by atoms with Crippen molar-refractivity contribution < 1.29 is 18.7 Å². The number of ether oxygens (including phenoxy) is 1. The summed E-state index contributed by atoms with van der Waals surface area (Å²) >= 11 is 0. The van der Waals surface area contributed by atoms with Crippen LogP contribution in [-0.2, 0) is 9.59 Å². The Morgan fingerprint density at radius 3 is 2.06 bits per heavy atom. The summed E-state index contributed by atoms with van der Waals surface area (Å²) in [6, 6.07) is 14.1. The molecule has 0 aliphatic carbocycles. The van der Waals surface area contributed by atoms with Crippen LogP contribution in [0.25, 0.3) is 5.57 Å². The highest BCUT2D eigenvalue weighted by molar-refractivity contribution is 6.45. The molecule has 1 aromatic heterocycles. The minimum Gasteiger partial charge on any atom is -0.497 e. The van der Waals surface area contributed by atoms with E-state index in [1.807, 2.05) is 9.80 Å². The van der Waals surface area contributed by atoms with Gasteiger partial charge in [-0.15, -0.1) is 0 Å². The Morgan fingerprint density at radius 1 is 0.824 bits per heavy atom. The molecule has 3 heterocycles. The second-order valence-electron chi connectivity index (χ2n) is 7.90. The van der Waals surface area contributed by atoms with E-state index < -0.39 is 17.6 Å². The van der Waals surface area contributed by atoms with E-state index in [0.717, 1.165) is 0 Å². The fraction of sp³-hybridized carbons (Fsp3) is 0.200. The molecular weight excluding hydrogens is 437 g/mol. The van der Waals surface area contributed by atoms with Gasteiger partial charge in [0.15, 0.2) is 0 Å². The molecule has 2 aromatic carbocycles. The topological polar surface area (TPSA) is 78.9 Å².